The fourth-order valence-electron chi connectivity index (χ4n) is 2.00. The summed E-state index contributed by atoms with van der Waals surface area (Å²) in [4.78, 5) is 1.28. The molecule has 0 aliphatic rings. The molecule has 3 N–H and O–H groups in total. The van der Waals surface area contributed by atoms with E-state index in [-0.39, 0.29) is 11.5 Å². The molecule has 0 aliphatic heterocycles. The zero-order valence-corrected chi connectivity index (χ0v) is 12.6. The largest absolute Gasteiger partial charge is 0.376 e. The summed E-state index contributed by atoms with van der Waals surface area (Å²) in [7, 11) is 0. The second-order valence-corrected chi connectivity index (χ2v) is 6.75. The van der Waals surface area contributed by atoms with Gasteiger partial charge in [-0.15, -0.1) is 11.3 Å². The Bertz CT molecular complexity index is 495. The fourth-order valence-corrected chi connectivity index (χ4v) is 2.79. The van der Waals surface area contributed by atoms with E-state index in [0.717, 1.165) is 5.69 Å². The monoisotopic (exact) mass is 274 g/mol. The van der Waals surface area contributed by atoms with Gasteiger partial charge in [0.2, 0.25) is 0 Å². The fraction of sp³-hybridized carbons (Fsp3) is 0.375. The summed E-state index contributed by atoms with van der Waals surface area (Å²) in [5, 5.41) is 5.58. The first-order valence-electron chi connectivity index (χ1n) is 6.61. The van der Waals surface area contributed by atoms with Gasteiger partial charge in [-0.3, -0.25) is 0 Å². The van der Waals surface area contributed by atoms with Gasteiger partial charge in [0.05, 0.1) is 6.04 Å². The zero-order chi connectivity index (χ0) is 13.9. The lowest BCUT2D eigenvalue weighted by molar-refractivity contribution is 0.590. The van der Waals surface area contributed by atoms with Gasteiger partial charge in [0, 0.05) is 17.1 Å². The summed E-state index contributed by atoms with van der Waals surface area (Å²) < 4.78 is 0. The van der Waals surface area contributed by atoms with Crippen LogP contribution in [0.3, 0.4) is 0 Å². The second kappa shape index (κ2) is 5.76. The highest BCUT2D eigenvalue weighted by Crippen LogP contribution is 2.26. The van der Waals surface area contributed by atoms with Crippen molar-refractivity contribution in [2.45, 2.75) is 32.2 Å². The highest BCUT2D eigenvalue weighted by atomic mass is 32.1. The van der Waals surface area contributed by atoms with E-state index in [1.54, 1.807) is 11.3 Å². The zero-order valence-electron chi connectivity index (χ0n) is 11.8. The molecule has 0 radical (unpaired) electrons. The predicted molar refractivity (Wildman–Crippen MR) is 84.9 cm³/mol. The molecule has 1 unspecified atom stereocenters. The molecular formula is C16H22N2S. The maximum absolute atomic E-state index is 5.86. The molecule has 0 saturated carbocycles. The third-order valence-electron chi connectivity index (χ3n) is 3.21. The van der Waals surface area contributed by atoms with Crippen molar-refractivity contribution in [1.29, 1.82) is 0 Å². The molecule has 1 aromatic carbocycles. The van der Waals surface area contributed by atoms with E-state index in [1.165, 1.54) is 10.4 Å². The van der Waals surface area contributed by atoms with E-state index in [4.69, 9.17) is 5.73 Å². The smallest absolute Gasteiger partial charge is 0.0728 e. The Hall–Kier alpha value is -1.32. The van der Waals surface area contributed by atoms with Crippen molar-refractivity contribution in [1.82, 2.24) is 0 Å². The molecule has 0 spiro atoms. The van der Waals surface area contributed by atoms with Gasteiger partial charge in [-0.05, 0) is 34.6 Å². The van der Waals surface area contributed by atoms with E-state index >= 15 is 0 Å². The number of anilines is 1. The summed E-state index contributed by atoms with van der Waals surface area (Å²) in [5.74, 6) is 0. The number of nitrogens with two attached hydrogens (primary N) is 1. The SMILES string of the molecule is CC(C)(C)c1ccc(NC(CN)c2cccs2)cc1. The third kappa shape index (κ3) is 3.58. The number of nitrogens with one attached hydrogen (secondary N) is 1. The number of rotatable bonds is 4. The van der Waals surface area contributed by atoms with E-state index in [1.807, 2.05) is 0 Å². The summed E-state index contributed by atoms with van der Waals surface area (Å²) in [6.07, 6.45) is 0. The number of hydrogen-bond acceptors (Lipinski definition) is 3. The van der Waals surface area contributed by atoms with Crippen LogP contribution < -0.4 is 11.1 Å². The molecule has 0 bridgehead atoms. The van der Waals surface area contributed by atoms with Crippen molar-refractivity contribution in [3.05, 3.63) is 52.2 Å². The summed E-state index contributed by atoms with van der Waals surface area (Å²) in [6.45, 7) is 7.28. The average Bonchev–Trinajstić information content (AvgIpc) is 2.89. The predicted octanol–water partition coefficient (Wildman–Crippen LogP) is 4.16. The minimum atomic E-state index is 0.194. The normalized spacial score (nSPS) is 13.3. The molecule has 0 fully saturated rings. The van der Waals surface area contributed by atoms with Crippen molar-refractivity contribution in [3.8, 4) is 0 Å². The van der Waals surface area contributed by atoms with Crippen molar-refractivity contribution >= 4 is 17.0 Å². The molecule has 1 heterocycles. The molecule has 2 nitrogen and oxygen atoms in total. The Morgan fingerprint density at radius 3 is 2.32 bits per heavy atom. The third-order valence-corrected chi connectivity index (χ3v) is 4.20. The molecule has 2 aromatic rings. The molecule has 0 aliphatic carbocycles. The van der Waals surface area contributed by atoms with Crippen LogP contribution in [0.5, 0.6) is 0 Å². The van der Waals surface area contributed by atoms with E-state index in [0.29, 0.717) is 6.54 Å². The van der Waals surface area contributed by atoms with Gasteiger partial charge in [-0.1, -0.05) is 39.0 Å². The average molecular weight is 274 g/mol. The lowest BCUT2D eigenvalue weighted by Gasteiger charge is -2.21. The molecule has 3 heteroatoms. The van der Waals surface area contributed by atoms with Gasteiger partial charge < -0.3 is 11.1 Å². The Labute approximate surface area is 119 Å². The van der Waals surface area contributed by atoms with Crippen LogP contribution in [-0.2, 0) is 5.41 Å². The topological polar surface area (TPSA) is 38.0 Å². The van der Waals surface area contributed by atoms with Crippen LogP contribution in [0, 0.1) is 0 Å². The highest BCUT2D eigenvalue weighted by molar-refractivity contribution is 7.10. The van der Waals surface area contributed by atoms with E-state index < -0.39 is 0 Å². The van der Waals surface area contributed by atoms with Crippen LogP contribution in [0.1, 0.15) is 37.3 Å². The van der Waals surface area contributed by atoms with Gasteiger partial charge in [-0.2, -0.15) is 0 Å². The van der Waals surface area contributed by atoms with Crippen LogP contribution in [0.4, 0.5) is 5.69 Å². The summed E-state index contributed by atoms with van der Waals surface area (Å²) in [6, 6.07) is 13.0. The standard InChI is InChI=1S/C16H22N2S/c1-16(2,3)12-6-8-13(9-7-12)18-14(11-17)15-5-4-10-19-15/h4-10,14,18H,11,17H2,1-3H3. The van der Waals surface area contributed by atoms with Gasteiger partial charge in [0.15, 0.2) is 0 Å². The Balaban J connectivity index is 2.11. The van der Waals surface area contributed by atoms with Crippen LogP contribution in [-0.4, -0.2) is 6.54 Å². The Morgan fingerprint density at radius 2 is 1.84 bits per heavy atom. The number of thiophene rings is 1. The van der Waals surface area contributed by atoms with Gasteiger partial charge in [0.25, 0.3) is 0 Å². The Kier molecular flexibility index (Phi) is 4.27. The molecule has 19 heavy (non-hydrogen) atoms. The minimum absolute atomic E-state index is 0.194. The molecule has 0 saturated heterocycles. The lowest BCUT2D eigenvalue weighted by atomic mass is 9.87. The van der Waals surface area contributed by atoms with Gasteiger partial charge in [0.1, 0.15) is 0 Å². The second-order valence-electron chi connectivity index (χ2n) is 5.78. The van der Waals surface area contributed by atoms with Crippen molar-refractivity contribution in [2.75, 3.05) is 11.9 Å². The molecule has 102 valence electrons. The molecule has 1 aromatic heterocycles. The molecule has 1 atom stereocenters. The number of benzene rings is 1. The van der Waals surface area contributed by atoms with Crippen LogP contribution >= 0.6 is 11.3 Å². The molecule has 0 amide bonds. The molecular weight excluding hydrogens is 252 g/mol. The maximum Gasteiger partial charge on any atom is 0.0728 e. The first-order chi connectivity index (χ1) is 9.00. The first kappa shape index (κ1) is 14.1. The van der Waals surface area contributed by atoms with Gasteiger partial charge >= 0.3 is 0 Å². The van der Waals surface area contributed by atoms with Crippen LogP contribution in [0.25, 0.3) is 0 Å². The summed E-state index contributed by atoms with van der Waals surface area (Å²) in [5.41, 5.74) is 8.52. The lowest BCUT2D eigenvalue weighted by Crippen LogP contribution is -2.19. The van der Waals surface area contributed by atoms with Crippen LogP contribution in [0.2, 0.25) is 0 Å². The molecule has 2 rings (SSSR count). The van der Waals surface area contributed by atoms with Crippen LogP contribution in [0.15, 0.2) is 41.8 Å². The first-order valence-corrected chi connectivity index (χ1v) is 7.49. The minimum Gasteiger partial charge on any atom is -0.376 e. The van der Waals surface area contributed by atoms with Crippen molar-refractivity contribution in [2.24, 2.45) is 5.73 Å². The van der Waals surface area contributed by atoms with E-state index in [9.17, 15) is 0 Å². The van der Waals surface area contributed by atoms with Gasteiger partial charge in [-0.25, -0.2) is 0 Å². The summed E-state index contributed by atoms with van der Waals surface area (Å²) >= 11 is 1.74. The quantitative estimate of drug-likeness (QED) is 0.878. The number of hydrogen-bond donors (Lipinski definition) is 2. The van der Waals surface area contributed by atoms with Crippen molar-refractivity contribution in [3.63, 3.8) is 0 Å². The van der Waals surface area contributed by atoms with Crippen molar-refractivity contribution < 1.29 is 0 Å². The highest BCUT2D eigenvalue weighted by Gasteiger charge is 2.14. The Morgan fingerprint density at radius 1 is 1.16 bits per heavy atom. The maximum atomic E-state index is 5.86. The van der Waals surface area contributed by atoms with E-state index in [2.05, 4.69) is 67.9 Å².